The van der Waals surface area contributed by atoms with Gasteiger partial charge in [0, 0.05) is 6.92 Å². The number of nitrogens with zero attached hydrogens (tertiary/aromatic N) is 1. The number of ketones is 1. The van der Waals surface area contributed by atoms with Crippen LogP contribution in [-0.4, -0.2) is 34.6 Å². The number of carbonyl (C=O) groups is 2. The number of carbonyl (C=O) groups excluding carboxylic acids is 1. The molecule has 0 aliphatic rings. The maximum absolute atomic E-state index is 11.8. The lowest BCUT2D eigenvalue weighted by molar-refractivity contribution is -0.176. The molecule has 0 saturated carbocycles. The largest absolute Gasteiger partial charge is 0.476 e. The summed E-state index contributed by atoms with van der Waals surface area (Å²) in [7, 11) is 0. The average molecular weight is 283 g/mol. The summed E-state index contributed by atoms with van der Waals surface area (Å²) in [5.41, 5.74) is -0.460. The maximum atomic E-state index is 11.8. The highest BCUT2D eigenvalue weighted by Gasteiger charge is 2.28. The van der Waals surface area contributed by atoms with Gasteiger partial charge in [0.25, 0.3) is 0 Å². The standard InChI is InChI=1S/C9H8F3NO4S/c1-4(14)7-6(8(15)16)13-5(18-7)2-17-3-9(10,11)12/h2-3H2,1H3,(H,15,16). The van der Waals surface area contributed by atoms with Crippen LogP contribution in [0.2, 0.25) is 0 Å². The van der Waals surface area contributed by atoms with E-state index in [2.05, 4.69) is 9.72 Å². The molecule has 1 N–H and O–H groups in total. The van der Waals surface area contributed by atoms with Gasteiger partial charge in [-0.1, -0.05) is 0 Å². The fourth-order valence-electron chi connectivity index (χ4n) is 1.06. The van der Waals surface area contributed by atoms with Crippen molar-refractivity contribution in [2.24, 2.45) is 0 Å². The summed E-state index contributed by atoms with van der Waals surface area (Å²) in [6, 6.07) is 0. The zero-order valence-electron chi connectivity index (χ0n) is 9.08. The number of aromatic carboxylic acids is 1. The second-order valence-corrected chi connectivity index (χ2v) is 4.34. The lowest BCUT2D eigenvalue weighted by Gasteiger charge is -2.05. The molecular weight excluding hydrogens is 275 g/mol. The molecule has 5 nitrogen and oxygen atoms in total. The number of carboxylic acids is 1. The minimum Gasteiger partial charge on any atom is -0.476 e. The van der Waals surface area contributed by atoms with Crippen LogP contribution in [0.1, 0.15) is 32.1 Å². The van der Waals surface area contributed by atoms with E-state index in [0.717, 1.165) is 6.92 Å². The van der Waals surface area contributed by atoms with Crippen LogP contribution in [-0.2, 0) is 11.3 Å². The molecule has 1 rings (SSSR count). The molecule has 0 saturated heterocycles. The molecule has 9 heteroatoms. The highest BCUT2D eigenvalue weighted by Crippen LogP contribution is 2.21. The third-order valence-electron chi connectivity index (χ3n) is 1.69. The Morgan fingerprint density at radius 3 is 2.44 bits per heavy atom. The fourth-order valence-corrected chi connectivity index (χ4v) is 1.95. The molecule has 0 amide bonds. The van der Waals surface area contributed by atoms with Gasteiger partial charge in [0.15, 0.2) is 11.5 Å². The van der Waals surface area contributed by atoms with Gasteiger partial charge >= 0.3 is 12.1 Å². The van der Waals surface area contributed by atoms with Crippen molar-refractivity contribution in [3.8, 4) is 0 Å². The van der Waals surface area contributed by atoms with Crippen molar-refractivity contribution in [1.29, 1.82) is 0 Å². The first-order chi connectivity index (χ1) is 8.20. The summed E-state index contributed by atoms with van der Waals surface area (Å²) in [6.07, 6.45) is -4.46. The van der Waals surface area contributed by atoms with Gasteiger partial charge in [-0.05, 0) is 0 Å². The highest BCUT2D eigenvalue weighted by atomic mass is 32.1. The predicted octanol–water partition coefficient (Wildman–Crippen LogP) is 2.12. The summed E-state index contributed by atoms with van der Waals surface area (Å²) in [4.78, 5) is 25.3. The summed E-state index contributed by atoms with van der Waals surface area (Å²) in [6.45, 7) is -0.789. The average Bonchev–Trinajstić information content (AvgIpc) is 2.60. The van der Waals surface area contributed by atoms with Crippen LogP contribution in [0.15, 0.2) is 0 Å². The Kier molecular flexibility index (Phi) is 4.41. The van der Waals surface area contributed by atoms with Gasteiger partial charge in [0.05, 0.1) is 6.61 Å². The van der Waals surface area contributed by atoms with Crippen molar-refractivity contribution in [2.45, 2.75) is 19.7 Å². The molecule has 1 heterocycles. The quantitative estimate of drug-likeness (QED) is 0.838. The van der Waals surface area contributed by atoms with Gasteiger partial charge in [-0.2, -0.15) is 13.2 Å². The number of hydrogen-bond donors (Lipinski definition) is 1. The van der Waals surface area contributed by atoms with Crippen LogP contribution in [0.25, 0.3) is 0 Å². The molecule has 0 atom stereocenters. The molecule has 0 aliphatic carbocycles. The number of hydrogen-bond acceptors (Lipinski definition) is 5. The van der Waals surface area contributed by atoms with E-state index in [0.29, 0.717) is 11.3 Å². The smallest absolute Gasteiger partial charge is 0.411 e. The molecule has 1 aromatic heterocycles. The molecule has 0 bridgehead atoms. The summed E-state index contributed by atoms with van der Waals surface area (Å²) >= 11 is 0.713. The van der Waals surface area contributed by atoms with Gasteiger partial charge in [-0.3, -0.25) is 4.79 Å². The van der Waals surface area contributed by atoms with E-state index in [9.17, 15) is 22.8 Å². The van der Waals surface area contributed by atoms with Crippen LogP contribution >= 0.6 is 11.3 Å². The van der Waals surface area contributed by atoms with Gasteiger partial charge < -0.3 is 9.84 Å². The number of ether oxygens (including phenoxy) is 1. The van der Waals surface area contributed by atoms with Crippen molar-refractivity contribution < 1.29 is 32.6 Å². The first kappa shape index (κ1) is 14.6. The zero-order valence-corrected chi connectivity index (χ0v) is 9.89. The van der Waals surface area contributed by atoms with E-state index in [1.165, 1.54) is 0 Å². The van der Waals surface area contributed by atoms with Gasteiger partial charge in [0.2, 0.25) is 0 Å². The molecule has 100 valence electrons. The Morgan fingerprint density at radius 2 is 2.06 bits per heavy atom. The number of thiazole rings is 1. The normalized spacial score (nSPS) is 11.6. The third kappa shape index (κ3) is 4.08. The second kappa shape index (κ2) is 5.44. The molecule has 1 aromatic rings. The minimum atomic E-state index is -4.46. The van der Waals surface area contributed by atoms with Gasteiger partial charge in [0.1, 0.15) is 16.5 Å². The van der Waals surface area contributed by atoms with Crippen LogP contribution in [0, 0.1) is 0 Å². The third-order valence-corrected chi connectivity index (χ3v) is 2.81. The van der Waals surface area contributed by atoms with Crippen molar-refractivity contribution in [3.63, 3.8) is 0 Å². The van der Waals surface area contributed by atoms with Gasteiger partial charge in [-0.25, -0.2) is 9.78 Å². The number of carboxylic acid groups (broad SMARTS) is 1. The van der Waals surface area contributed by atoms with E-state index in [1.807, 2.05) is 0 Å². The number of alkyl halides is 3. The first-order valence-corrected chi connectivity index (χ1v) is 5.41. The molecule has 0 aromatic carbocycles. The Labute approximate surface area is 103 Å². The zero-order chi connectivity index (χ0) is 13.9. The Morgan fingerprint density at radius 1 is 1.44 bits per heavy atom. The lowest BCUT2D eigenvalue weighted by atomic mass is 10.3. The summed E-state index contributed by atoms with van der Waals surface area (Å²) in [5, 5.41) is 8.77. The van der Waals surface area contributed by atoms with Crippen molar-refractivity contribution >= 4 is 23.1 Å². The van der Waals surface area contributed by atoms with Crippen LogP contribution < -0.4 is 0 Å². The summed E-state index contributed by atoms with van der Waals surface area (Å²) < 4.78 is 39.8. The van der Waals surface area contributed by atoms with Crippen LogP contribution in [0.5, 0.6) is 0 Å². The monoisotopic (exact) mass is 283 g/mol. The number of aromatic nitrogens is 1. The predicted molar refractivity (Wildman–Crippen MR) is 54.8 cm³/mol. The highest BCUT2D eigenvalue weighted by molar-refractivity contribution is 7.14. The van der Waals surface area contributed by atoms with E-state index in [4.69, 9.17) is 5.11 Å². The van der Waals surface area contributed by atoms with E-state index >= 15 is 0 Å². The molecule has 0 radical (unpaired) electrons. The van der Waals surface area contributed by atoms with Crippen LogP contribution in [0.3, 0.4) is 0 Å². The fraction of sp³-hybridized carbons (Fsp3) is 0.444. The Bertz CT molecular complexity index is 437. The maximum Gasteiger partial charge on any atom is 0.411 e. The molecule has 0 fully saturated rings. The Balaban J connectivity index is 2.76. The molecule has 18 heavy (non-hydrogen) atoms. The number of rotatable bonds is 5. The van der Waals surface area contributed by atoms with Crippen molar-refractivity contribution in [1.82, 2.24) is 4.98 Å². The van der Waals surface area contributed by atoms with E-state index in [-0.39, 0.29) is 9.88 Å². The van der Waals surface area contributed by atoms with Gasteiger partial charge in [-0.15, -0.1) is 11.3 Å². The molecule has 0 spiro atoms. The molecular formula is C9H8F3NO4S. The first-order valence-electron chi connectivity index (χ1n) is 4.59. The van der Waals surface area contributed by atoms with Crippen LogP contribution in [0.4, 0.5) is 13.2 Å². The summed E-state index contributed by atoms with van der Waals surface area (Å²) in [5.74, 6) is -1.91. The second-order valence-electron chi connectivity index (χ2n) is 3.25. The SMILES string of the molecule is CC(=O)c1sc(COCC(F)(F)F)nc1C(=O)O. The van der Waals surface area contributed by atoms with E-state index in [1.54, 1.807) is 0 Å². The lowest BCUT2D eigenvalue weighted by Crippen LogP contribution is -2.16. The Hall–Kier alpha value is -1.48. The topological polar surface area (TPSA) is 76.5 Å². The minimum absolute atomic E-state index is 0.0156. The number of Topliss-reactive ketones (excluding diaryl/α,β-unsaturated/α-hetero) is 1. The number of halogens is 3. The van der Waals surface area contributed by atoms with Crippen molar-refractivity contribution in [3.05, 3.63) is 15.6 Å². The molecule has 0 unspecified atom stereocenters. The van der Waals surface area contributed by atoms with E-state index < -0.39 is 36.8 Å². The molecule has 0 aliphatic heterocycles. The van der Waals surface area contributed by atoms with Crippen molar-refractivity contribution in [2.75, 3.05) is 6.61 Å².